The van der Waals surface area contributed by atoms with Gasteiger partial charge in [0.25, 0.3) is 0 Å². The normalized spacial score (nSPS) is 25.0. The third-order valence-corrected chi connectivity index (χ3v) is 7.96. The summed E-state index contributed by atoms with van der Waals surface area (Å²) >= 11 is 0. The summed E-state index contributed by atoms with van der Waals surface area (Å²) in [5.74, 6) is -5.66. The van der Waals surface area contributed by atoms with Crippen LogP contribution >= 0.6 is 0 Å². The van der Waals surface area contributed by atoms with Gasteiger partial charge < -0.3 is 19.7 Å². The van der Waals surface area contributed by atoms with Crippen LogP contribution in [0.1, 0.15) is 84.5 Å². The zero-order chi connectivity index (χ0) is 29.2. The van der Waals surface area contributed by atoms with Crippen molar-refractivity contribution < 1.29 is 43.7 Å². The van der Waals surface area contributed by atoms with Crippen LogP contribution < -0.4 is 0 Å². The van der Waals surface area contributed by atoms with Gasteiger partial charge in [-0.05, 0) is 76.2 Å². The fourth-order valence-electron chi connectivity index (χ4n) is 6.09. The summed E-state index contributed by atoms with van der Waals surface area (Å²) in [5, 5.41) is 20.1. The Morgan fingerprint density at radius 2 is 1.77 bits per heavy atom. The van der Waals surface area contributed by atoms with Crippen molar-refractivity contribution in [2.45, 2.75) is 96.7 Å². The van der Waals surface area contributed by atoms with E-state index < -0.39 is 54.3 Å². The molecule has 1 heterocycles. The minimum absolute atomic E-state index is 0.0115. The van der Waals surface area contributed by atoms with Crippen LogP contribution in [0.4, 0.5) is 0 Å². The number of hydrogen-bond donors (Lipinski definition) is 2. The average molecular weight is 557 g/mol. The number of ether oxygens (including phenoxy) is 2. The number of aliphatic carboxylic acids is 1. The lowest BCUT2D eigenvalue weighted by Crippen LogP contribution is -2.44. The molecule has 0 amide bonds. The number of rotatable bonds is 15. The van der Waals surface area contributed by atoms with Gasteiger partial charge in [0.15, 0.2) is 5.78 Å². The van der Waals surface area contributed by atoms with Crippen molar-refractivity contribution >= 4 is 29.7 Å². The van der Waals surface area contributed by atoms with Gasteiger partial charge in [-0.15, -0.1) is 0 Å². The summed E-state index contributed by atoms with van der Waals surface area (Å²) in [5.41, 5.74) is 1.07. The summed E-state index contributed by atoms with van der Waals surface area (Å²) < 4.78 is 10.6. The molecule has 9 nitrogen and oxygen atoms in total. The number of ketones is 1. The van der Waals surface area contributed by atoms with E-state index in [0.29, 0.717) is 12.8 Å². The number of aliphatic hydroxyl groups excluding tert-OH is 1. The van der Waals surface area contributed by atoms with Crippen LogP contribution in [0.5, 0.6) is 0 Å². The number of cyclic esters (lactones) is 2. The summed E-state index contributed by atoms with van der Waals surface area (Å²) in [7, 11) is 0. The number of Topliss-reactive ketones (excluding diaryl/α,β-unsaturated/α-hetero) is 1. The first-order valence-corrected chi connectivity index (χ1v) is 14.2. The smallest absolute Gasteiger partial charge is 0.342 e. The van der Waals surface area contributed by atoms with Gasteiger partial charge in [-0.2, -0.15) is 0 Å². The highest BCUT2D eigenvalue weighted by Gasteiger charge is 2.52. The molecule has 0 aromatic rings. The van der Waals surface area contributed by atoms with E-state index in [2.05, 4.69) is 6.08 Å². The Morgan fingerprint density at radius 3 is 2.48 bits per heavy atom. The van der Waals surface area contributed by atoms with Crippen LogP contribution in [-0.4, -0.2) is 52.1 Å². The molecule has 40 heavy (non-hydrogen) atoms. The number of carboxylic acid groups (broad SMARTS) is 1. The predicted molar refractivity (Wildman–Crippen MR) is 146 cm³/mol. The SMILES string of the molecule is C/C=C/CCCCCC1C=C2CCC3=C(C(=O)OC3=O)C(C2OC(=O)CC(=O)O)C1CC(O)C(=O)CC/C=C/C. The average Bonchev–Trinajstić information content (AvgIpc) is 3.11. The molecule has 2 bridgehead atoms. The molecule has 2 aliphatic carbocycles. The number of esters is 3. The van der Waals surface area contributed by atoms with Gasteiger partial charge in [-0.3, -0.25) is 14.4 Å². The molecule has 9 heteroatoms. The number of allylic oxidation sites excluding steroid dienone is 5. The molecule has 3 aliphatic rings. The van der Waals surface area contributed by atoms with Gasteiger partial charge >= 0.3 is 23.9 Å². The quantitative estimate of drug-likeness (QED) is 0.129. The number of fused-ring (bicyclic) bond motifs is 3. The van der Waals surface area contributed by atoms with Crippen molar-refractivity contribution in [1.29, 1.82) is 0 Å². The molecular formula is C31H40O9. The summed E-state index contributed by atoms with van der Waals surface area (Å²) in [6, 6.07) is 0. The minimum atomic E-state index is -1.34. The molecule has 1 aliphatic heterocycles. The zero-order valence-corrected chi connectivity index (χ0v) is 23.3. The van der Waals surface area contributed by atoms with E-state index in [1.54, 1.807) is 0 Å². The van der Waals surface area contributed by atoms with Crippen molar-refractivity contribution in [1.82, 2.24) is 0 Å². The van der Waals surface area contributed by atoms with E-state index in [9.17, 15) is 29.1 Å². The van der Waals surface area contributed by atoms with Crippen molar-refractivity contribution in [3.05, 3.63) is 47.1 Å². The second kappa shape index (κ2) is 14.9. The van der Waals surface area contributed by atoms with Crippen LogP contribution in [-0.2, 0) is 33.4 Å². The Labute approximate surface area is 235 Å². The van der Waals surface area contributed by atoms with Crippen molar-refractivity contribution in [3.8, 4) is 0 Å². The summed E-state index contributed by atoms with van der Waals surface area (Å²) in [6.07, 6.45) is 12.4. The van der Waals surface area contributed by atoms with E-state index >= 15 is 0 Å². The summed E-state index contributed by atoms with van der Waals surface area (Å²) in [6.45, 7) is 3.83. The molecule has 3 rings (SSSR count). The molecule has 0 aromatic heterocycles. The van der Waals surface area contributed by atoms with Gasteiger partial charge in [-0.25, -0.2) is 9.59 Å². The number of hydrogen-bond acceptors (Lipinski definition) is 8. The Morgan fingerprint density at radius 1 is 1.05 bits per heavy atom. The molecule has 5 atom stereocenters. The van der Waals surface area contributed by atoms with E-state index in [4.69, 9.17) is 14.6 Å². The van der Waals surface area contributed by atoms with Gasteiger partial charge in [0.05, 0.1) is 5.57 Å². The number of carbonyl (C=O) groups excluding carboxylic acids is 4. The molecule has 0 spiro atoms. The van der Waals surface area contributed by atoms with Gasteiger partial charge in [0.2, 0.25) is 0 Å². The lowest BCUT2D eigenvalue weighted by atomic mass is 9.65. The molecule has 0 saturated carbocycles. The second-order valence-electron chi connectivity index (χ2n) is 10.7. The van der Waals surface area contributed by atoms with E-state index in [1.807, 2.05) is 38.2 Å². The van der Waals surface area contributed by atoms with Crippen molar-refractivity contribution in [2.75, 3.05) is 0 Å². The topological polar surface area (TPSA) is 144 Å². The largest absolute Gasteiger partial charge is 0.481 e. The van der Waals surface area contributed by atoms with Gasteiger partial charge in [0.1, 0.15) is 18.6 Å². The van der Waals surface area contributed by atoms with E-state index in [0.717, 1.165) is 37.7 Å². The molecule has 0 fully saturated rings. The number of carbonyl (C=O) groups is 5. The monoisotopic (exact) mass is 556 g/mol. The van der Waals surface area contributed by atoms with Gasteiger partial charge in [0, 0.05) is 17.9 Å². The maximum atomic E-state index is 13.0. The highest BCUT2D eigenvalue weighted by Crippen LogP contribution is 2.50. The second-order valence-corrected chi connectivity index (χ2v) is 10.7. The Bertz CT molecular complexity index is 1110. The Hall–Kier alpha value is -3.33. The maximum Gasteiger partial charge on any atom is 0.342 e. The maximum absolute atomic E-state index is 13.0. The predicted octanol–water partition coefficient (Wildman–Crippen LogP) is 4.54. The van der Waals surface area contributed by atoms with Crippen molar-refractivity contribution in [2.24, 2.45) is 17.8 Å². The first-order valence-electron chi connectivity index (χ1n) is 14.2. The molecule has 2 N–H and O–H groups in total. The number of carboxylic acids is 1. The fourth-order valence-corrected chi connectivity index (χ4v) is 6.09. The molecule has 218 valence electrons. The van der Waals surface area contributed by atoms with E-state index in [-0.39, 0.29) is 42.1 Å². The molecular weight excluding hydrogens is 516 g/mol. The molecule has 0 aromatic carbocycles. The van der Waals surface area contributed by atoms with Crippen LogP contribution in [0.2, 0.25) is 0 Å². The molecule has 0 saturated heterocycles. The van der Waals surface area contributed by atoms with Crippen molar-refractivity contribution in [3.63, 3.8) is 0 Å². The fraction of sp³-hybridized carbons (Fsp3) is 0.581. The van der Waals surface area contributed by atoms with Crippen LogP contribution in [0, 0.1) is 17.8 Å². The zero-order valence-electron chi connectivity index (χ0n) is 23.3. The first kappa shape index (κ1) is 31.2. The first-order chi connectivity index (χ1) is 19.2. The molecule has 0 radical (unpaired) electrons. The molecule has 5 unspecified atom stereocenters. The van der Waals surface area contributed by atoms with Crippen LogP contribution in [0.15, 0.2) is 47.1 Å². The standard InChI is InChI=1S/C31H40O9/c1-3-5-7-8-9-11-12-19-16-20-14-15-21-28(31(38)40-30(21)37)27(29(20)39-26(36)18-25(34)35)22(19)17-24(33)23(32)13-10-6-4-2/h3-6,16,19,22,24,27,29,33H,7-15,17-18H2,1-2H3,(H,34,35)/b5-3+,6-4+. The highest BCUT2D eigenvalue weighted by molar-refractivity contribution is 6.13. The highest BCUT2D eigenvalue weighted by atomic mass is 16.6. The van der Waals surface area contributed by atoms with Crippen LogP contribution in [0.3, 0.4) is 0 Å². The number of aliphatic hydroxyl groups is 1. The van der Waals surface area contributed by atoms with E-state index in [1.165, 1.54) is 0 Å². The third-order valence-electron chi connectivity index (χ3n) is 7.96. The minimum Gasteiger partial charge on any atom is -0.481 e. The van der Waals surface area contributed by atoms with Gasteiger partial charge in [-0.1, -0.05) is 43.2 Å². The third kappa shape index (κ3) is 7.87. The lowest BCUT2D eigenvalue weighted by Gasteiger charge is -2.42. The Balaban J connectivity index is 1.98. The lowest BCUT2D eigenvalue weighted by molar-refractivity contribution is -0.159. The van der Waals surface area contributed by atoms with Crippen LogP contribution in [0.25, 0.3) is 0 Å². The number of unbranched alkanes of at least 4 members (excludes halogenated alkanes) is 3. The summed E-state index contributed by atoms with van der Waals surface area (Å²) in [4.78, 5) is 62.1. The Kier molecular flexibility index (Phi) is 11.6.